The summed E-state index contributed by atoms with van der Waals surface area (Å²) in [7, 11) is 1.28. The Labute approximate surface area is 157 Å². The Kier molecular flexibility index (Phi) is 5.12. The number of phenolic OH excluding ortho intramolecular Hbond substituents is 1. The number of carbonyl (C=O) groups excluding carboxylic acids is 2. The second kappa shape index (κ2) is 7.50. The molecule has 0 radical (unpaired) electrons. The molecule has 1 amide bonds. The van der Waals surface area contributed by atoms with Crippen molar-refractivity contribution in [3.8, 4) is 5.75 Å². The van der Waals surface area contributed by atoms with Crippen LogP contribution >= 0.6 is 0 Å². The highest BCUT2D eigenvalue weighted by Crippen LogP contribution is 2.29. The Morgan fingerprint density at radius 1 is 1.00 bits per heavy atom. The van der Waals surface area contributed by atoms with E-state index < -0.39 is 17.4 Å². The molecule has 0 aromatic heterocycles. The number of esters is 1. The number of aromatic hydroxyl groups is 1. The van der Waals surface area contributed by atoms with Crippen molar-refractivity contribution in [2.45, 2.75) is 18.9 Å². The van der Waals surface area contributed by atoms with Gasteiger partial charge in [-0.15, -0.1) is 0 Å². The Morgan fingerprint density at radius 2 is 1.67 bits per heavy atom. The normalized spacial score (nSPS) is 13.0. The summed E-state index contributed by atoms with van der Waals surface area (Å²) in [6, 6.07) is 19.9. The first-order chi connectivity index (χ1) is 12.9. The van der Waals surface area contributed by atoms with Crippen LogP contribution in [-0.4, -0.2) is 29.6 Å². The highest BCUT2D eigenvalue weighted by atomic mass is 16.5. The van der Waals surface area contributed by atoms with Gasteiger partial charge in [-0.2, -0.15) is 0 Å². The summed E-state index contributed by atoms with van der Waals surface area (Å²) in [5.41, 5.74) is -0.282. The van der Waals surface area contributed by atoms with Gasteiger partial charge in [-0.05, 0) is 23.9 Å². The van der Waals surface area contributed by atoms with E-state index in [0.29, 0.717) is 5.39 Å². The standard InChI is InChI=1S/C22H21NO4/c1-22(21(26)27-2,14-15-8-4-3-5-9-15)23-20(25)18-13-12-16-10-6-7-11-17(16)19(18)24/h3-13,24H,14H2,1-2H3,(H,23,25). The van der Waals surface area contributed by atoms with Gasteiger partial charge in [0.05, 0.1) is 12.7 Å². The fourth-order valence-electron chi connectivity index (χ4n) is 3.15. The van der Waals surface area contributed by atoms with Crippen molar-refractivity contribution in [3.63, 3.8) is 0 Å². The number of carbonyl (C=O) groups is 2. The van der Waals surface area contributed by atoms with Gasteiger partial charge in [0.2, 0.25) is 0 Å². The largest absolute Gasteiger partial charge is 0.506 e. The highest BCUT2D eigenvalue weighted by molar-refractivity contribution is 6.05. The summed E-state index contributed by atoms with van der Waals surface area (Å²) < 4.78 is 4.91. The van der Waals surface area contributed by atoms with E-state index in [9.17, 15) is 14.7 Å². The Morgan fingerprint density at radius 3 is 2.37 bits per heavy atom. The topological polar surface area (TPSA) is 75.6 Å². The first-order valence-corrected chi connectivity index (χ1v) is 8.60. The summed E-state index contributed by atoms with van der Waals surface area (Å²) in [4.78, 5) is 25.3. The summed E-state index contributed by atoms with van der Waals surface area (Å²) >= 11 is 0. The number of fused-ring (bicyclic) bond motifs is 1. The predicted octanol–water partition coefficient (Wildman–Crippen LogP) is 3.45. The van der Waals surface area contributed by atoms with E-state index in [1.165, 1.54) is 7.11 Å². The third-order valence-electron chi connectivity index (χ3n) is 4.57. The average Bonchev–Trinajstić information content (AvgIpc) is 2.68. The van der Waals surface area contributed by atoms with E-state index in [2.05, 4.69) is 5.32 Å². The molecule has 0 spiro atoms. The highest BCUT2D eigenvalue weighted by Gasteiger charge is 2.37. The third kappa shape index (κ3) is 3.77. The fraction of sp³-hybridized carbons (Fsp3) is 0.182. The molecule has 3 aromatic carbocycles. The second-order valence-electron chi connectivity index (χ2n) is 6.62. The molecule has 138 valence electrons. The van der Waals surface area contributed by atoms with Crippen LogP contribution in [0.1, 0.15) is 22.8 Å². The lowest BCUT2D eigenvalue weighted by atomic mass is 9.92. The molecular formula is C22H21NO4. The van der Waals surface area contributed by atoms with E-state index >= 15 is 0 Å². The van der Waals surface area contributed by atoms with E-state index in [-0.39, 0.29) is 17.7 Å². The summed E-state index contributed by atoms with van der Waals surface area (Å²) in [5, 5.41) is 14.7. The lowest BCUT2D eigenvalue weighted by molar-refractivity contribution is -0.147. The quantitative estimate of drug-likeness (QED) is 0.681. The molecule has 0 heterocycles. The number of rotatable bonds is 5. The van der Waals surface area contributed by atoms with Crippen LogP contribution in [0, 0.1) is 0 Å². The Bertz CT molecular complexity index is 984. The van der Waals surface area contributed by atoms with E-state index in [1.807, 2.05) is 42.5 Å². The molecule has 1 unspecified atom stereocenters. The molecule has 27 heavy (non-hydrogen) atoms. The maximum atomic E-state index is 12.9. The first kappa shape index (κ1) is 18.5. The maximum Gasteiger partial charge on any atom is 0.331 e. The number of nitrogens with one attached hydrogen (secondary N) is 1. The van der Waals surface area contributed by atoms with Gasteiger partial charge in [-0.1, -0.05) is 60.7 Å². The zero-order valence-corrected chi connectivity index (χ0v) is 15.2. The summed E-state index contributed by atoms with van der Waals surface area (Å²) in [6.45, 7) is 1.61. The van der Waals surface area contributed by atoms with Gasteiger partial charge in [-0.3, -0.25) is 4.79 Å². The molecule has 2 N–H and O–H groups in total. The van der Waals surface area contributed by atoms with Crippen molar-refractivity contribution in [1.29, 1.82) is 0 Å². The number of hydrogen-bond donors (Lipinski definition) is 2. The second-order valence-corrected chi connectivity index (χ2v) is 6.62. The number of ether oxygens (including phenoxy) is 1. The number of phenols is 1. The minimum absolute atomic E-state index is 0.108. The van der Waals surface area contributed by atoms with Crippen molar-refractivity contribution in [2.75, 3.05) is 7.11 Å². The van der Waals surface area contributed by atoms with Crippen LogP contribution in [-0.2, 0) is 16.0 Å². The van der Waals surface area contributed by atoms with Gasteiger partial charge in [0.15, 0.2) is 0 Å². The maximum absolute atomic E-state index is 12.9. The zero-order valence-electron chi connectivity index (χ0n) is 15.2. The van der Waals surface area contributed by atoms with Gasteiger partial charge in [0.25, 0.3) is 5.91 Å². The number of methoxy groups -OCH3 is 1. The average molecular weight is 363 g/mol. The van der Waals surface area contributed by atoms with Crippen molar-refractivity contribution in [3.05, 3.63) is 77.9 Å². The van der Waals surface area contributed by atoms with E-state index in [4.69, 9.17) is 4.74 Å². The molecule has 0 saturated carbocycles. The monoisotopic (exact) mass is 363 g/mol. The molecule has 0 aliphatic heterocycles. The summed E-state index contributed by atoms with van der Waals surface area (Å²) in [6.07, 6.45) is 0.264. The van der Waals surface area contributed by atoms with Gasteiger partial charge in [0, 0.05) is 11.8 Å². The number of amides is 1. The van der Waals surface area contributed by atoms with Crippen LogP contribution < -0.4 is 5.32 Å². The molecular weight excluding hydrogens is 342 g/mol. The van der Waals surface area contributed by atoms with Crippen LogP contribution in [0.4, 0.5) is 0 Å². The molecule has 5 heteroatoms. The Balaban J connectivity index is 1.93. The van der Waals surface area contributed by atoms with Gasteiger partial charge < -0.3 is 15.2 Å². The minimum atomic E-state index is -1.27. The molecule has 3 aromatic rings. The zero-order chi connectivity index (χ0) is 19.4. The van der Waals surface area contributed by atoms with Gasteiger partial charge >= 0.3 is 5.97 Å². The molecule has 5 nitrogen and oxygen atoms in total. The van der Waals surface area contributed by atoms with Crippen LogP contribution in [0.3, 0.4) is 0 Å². The van der Waals surface area contributed by atoms with E-state index in [0.717, 1.165) is 10.9 Å². The van der Waals surface area contributed by atoms with Crippen LogP contribution in [0.15, 0.2) is 66.7 Å². The first-order valence-electron chi connectivity index (χ1n) is 8.60. The van der Waals surface area contributed by atoms with Gasteiger partial charge in [-0.25, -0.2) is 4.79 Å². The lowest BCUT2D eigenvalue weighted by Gasteiger charge is -2.28. The van der Waals surface area contributed by atoms with Crippen LogP contribution in [0.5, 0.6) is 5.75 Å². The molecule has 0 saturated heterocycles. The number of hydrogen-bond acceptors (Lipinski definition) is 4. The van der Waals surface area contributed by atoms with Crippen LogP contribution in [0.25, 0.3) is 10.8 Å². The van der Waals surface area contributed by atoms with Crippen molar-refractivity contribution in [1.82, 2.24) is 5.32 Å². The molecule has 0 fully saturated rings. The molecule has 0 aliphatic carbocycles. The summed E-state index contributed by atoms with van der Waals surface area (Å²) in [5.74, 6) is -1.21. The molecule has 3 rings (SSSR count). The molecule has 1 atom stereocenters. The van der Waals surface area contributed by atoms with Crippen molar-refractivity contribution in [2.24, 2.45) is 0 Å². The molecule has 0 aliphatic rings. The number of benzene rings is 3. The smallest absolute Gasteiger partial charge is 0.331 e. The Hall–Kier alpha value is -3.34. The fourth-order valence-corrected chi connectivity index (χ4v) is 3.15. The molecule has 0 bridgehead atoms. The van der Waals surface area contributed by atoms with Crippen molar-refractivity contribution >= 4 is 22.6 Å². The lowest BCUT2D eigenvalue weighted by Crippen LogP contribution is -2.54. The van der Waals surface area contributed by atoms with Crippen molar-refractivity contribution < 1.29 is 19.4 Å². The minimum Gasteiger partial charge on any atom is -0.506 e. The predicted molar refractivity (Wildman–Crippen MR) is 104 cm³/mol. The van der Waals surface area contributed by atoms with Crippen LogP contribution in [0.2, 0.25) is 0 Å². The third-order valence-corrected chi connectivity index (χ3v) is 4.57. The van der Waals surface area contributed by atoms with Gasteiger partial charge in [0.1, 0.15) is 11.3 Å². The van der Waals surface area contributed by atoms with E-state index in [1.54, 1.807) is 31.2 Å². The SMILES string of the molecule is COC(=O)C(C)(Cc1ccccc1)NC(=O)c1ccc2ccccc2c1O.